The van der Waals surface area contributed by atoms with Gasteiger partial charge in [0.15, 0.2) is 6.07 Å². The number of fused-ring (bicyclic) bond motifs is 1. The van der Waals surface area contributed by atoms with Crippen LogP contribution in [0.25, 0.3) is 0 Å². The molecule has 9 heteroatoms. The molecule has 0 aromatic rings. The minimum absolute atomic E-state index is 0.0347. The zero-order valence-corrected chi connectivity index (χ0v) is 12.8. The van der Waals surface area contributed by atoms with Crippen molar-refractivity contribution in [2.45, 2.75) is 11.8 Å². The molecule has 0 aromatic carbocycles. The normalized spacial score (nSPS) is 24.5. The number of halogens is 1. The van der Waals surface area contributed by atoms with Crippen LogP contribution in [0.2, 0.25) is 0 Å². The molecule has 0 aliphatic carbocycles. The van der Waals surface area contributed by atoms with E-state index in [0.29, 0.717) is 11.3 Å². The number of carbonyl (C=O) groups excluding carboxylic acids is 2. The number of thioether (sulfide) groups is 1. The van der Waals surface area contributed by atoms with Crippen LogP contribution in [0, 0.1) is 5.92 Å². The number of hydrogen-bond donors (Lipinski definition) is 1. The number of esters is 1. The summed E-state index contributed by atoms with van der Waals surface area (Å²) in [6.45, 7) is 0.157. The summed E-state index contributed by atoms with van der Waals surface area (Å²) in [4.78, 5) is 36.2. The van der Waals surface area contributed by atoms with Gasteiger partial charge in [-0.2, -0.15) is 0 Å². The Hall–Kier alpha value is -1.25. The second-order valence-corrected chi connectivity index (χ2v) is 5.86. The van der Waals surface area contributed by atoms with Crippen molar-refractivity contribution < 1.29 is 29.0 Å². The Bertz CT molecular complexity index is 508. The molecule has 0 aromatic heterocycles. The molecule has 116 valence electrons. The van der Waals surface area contributed by atoms with Gasteiger partial charge in [-0.15, -0.1) is 11.8 Å². The summed E-state index contributed by atoms with van der Waals surface area (Å²) in [7, 11) is 1.46. The Labute approximate surface area is 130 Å². The van der Waals surface area contributed by atoms with E-state index < -0.39 is 17.9 Å². The summed E-state index contributed by atoms with van der Waals surface area (Å²) in [5.74, 6) is -2.23. The van der Waals surface area contributed by atoms with E-state index in [-0.39, 0.29) is 36.1 Å². The summed E-state index contributed by atoms with van der Waals surface area (Å²) in [5, 5.41) is 8.95. The first-order valence-corrected chi connectivity index (χ1v) is 7.70. The van der Waals surface area contributed by atoms with Gasteiger partial charge in [0.05, 0.1) is 24.3 Å². The van der Waals surface area contributed by atoms with Gasteiger partial charge >= 0.3 is 11.9 Å². The van der Waals surface area contributed by atoms with E-state index in [0.717, 1.165) is 0 Å². The number of alkyl halides is 1. The summed E-state index contributed by atoms with van der Waals surface area (Å²) in [6.07, 6.45) is -0.0910. The largest absolute Gasteiger partial charge is 0.477 e. The van der Waals surface area contributed by atoms with Gasteiger partial charge in [0, 0.05) is 12.9 Å². The van der Waals surface area contributed by atoms with E-state index >= 15 is 0 Å². The van der Waals surface area contributed by atoms with Crippen molar-refractivity contribution in [1.82, 2.24) is 4.90 Å². The number of nitrogens with zero attached hydrogens (tertiary/aromatic N) is 1. The number of carboxylic acids is 1. The number of amides is 1. The zero-order valence-electron chi connectivity index (χ0n) is 11.2. The first-order valence-electron chi connectivity index (χ1n) is 6.11. The standard InChI is InChI=1S/C12H14ClNO6S/c1-19-3-6-4-21-11-7(2-8(15)20-5-13)10(16)14(11)9(6)12(17)18/h7,11H,2-5H2,1H3,(H,17,18)/t7?,11-/m0/s1. The second-order valence-electron chi connectivity index (χ2n) is 4.54. The molecular weight excluding hydrogens is 322 g/mol. The third kappa shape index (κ3) is 3.02. The minimum atomic E-state index is -1.16. The molecule has 2 aliphatic heterocycles. The Balaban J connectivity index is 2.15. The summed E-state index contributed by atoms with van der Waals surface area (Å²) >= 11 is 6.71. The van der Waals surface area contributed by atoms with Crippen LogP contribution in [0.4, 0.5) is 0 Å². The predicted octanol–water partition coefficient (Wildman–Crippen LogP) is 0.632. The van der Waals surface area contributed by atoms with E-state index in [2.05, 4.69) is 4.74 Å². The highest BCUT2D eigenvalue weighted by molar-refractivity contribution is 8.00. The van der Waals surface area contributed by atoms with Gasteiger partial charge in [-0.25, -0.2) is 4.79 Å². The van der Waals surface area contributed by atoms with Crippen molar-refractivity contribution >= 4 is 41.2 Å². The third-order valence-corrected chi connectivity index (χ3v) is 4.79. The Kier molecular flexibility index (Phi) is 5.13. The number of methoxy groups -OCH3 is 1. The summed E-state index contributed by atoms with van der Waals surface area (Å²) < 4.78 is 9.58. The third-order valence-electron chi connectivity index (χ3n) is 3.28. The van der Waals surface area contributed by atoms with Gasteiger partial charge in [-0.05, 0) is 5.57 Å². The average molecular weight is 336 g/mol. The fraction of sp³-hybridized carbons (Fsp3) is 0.583. The number of aliphatic carboxylic acids is 1. The molecule has 21 heavy (non-hydrogen) atoms. The number of carboxylic acid groups (broad SMARTS) is 1. The van der Waals surface area contributed by atoms with E-state index in [1.54, 1.807) is 0 Å². The van der Waals surface area contributed by atoms with Crippen LogP contribution in [0.15, 0.2) is 11.3 Å². The molecule has 0 spiro atoms. The van der Waals surface area contributed by atoms with Crippen LogP contribution in [-0.4, -0.2) is 58.8 Å². The molecule has 2 aliphatic rings. The molecule has 0 bridgehead atoms. The van der Waals surface area contributed by atoms with Crippen molar-refractivity contribution in [3.05, 3.63) is 11.3 Å². The number of carbonyl (C=O) groups is 3. The Morgan fingerprint density at radius 1 is 1.52 bits per heavy atom. The van der Waals surface area contributed by atoms with Crippen LogP contribution in [0.5, 0.6) is 0 Å². The van der Waals surface area contributed by atoms with Gasteiger partial charge in [-0.3, -0.25) is 14.5 Å². The van der Waals surface area contributed by atoms with Crippen LogP contribution >= 0.6 is 23.4 Å². The van der Waals surface area contributed by atoms with Gasteiger partial charge in [0.2, 0.25) is 5.91 Å². The van der Waals surface area contributed by atoms with Gasteiger partial charge in [0.25, 0.3) is 0 Å². The number of hydrogen-bond acceptors (Lipinski definition) is 6. The summed E-state index contributed by atoms with van der Waals surface area (Å²) in [5.41, 5.74) is 0.522. The van der Waals surface area contributed by atoms with Gasteiger partial charge < -0.3 is 14.6 Å². The number of ether oxygens (including phenoxy) is 2. The van der Waals surface area contributed by atoms with E-state index in [4.69, 9.17) is 16.3 Å². The molecule has 0 radical (unpaired) electrons. The molecule has 1 N–H and O–H groups in total. The van der Waals surface area contributed by atoms with Crippen molar-refractivity contribution in [2.24, 2.45) is 5.92 Å². The molecule has 1 unspecified atom stereocenters. The first kappa shape index (κ1) is 16.1. The van der Waals surface area contributed by atoms with E-state index in [1.807, 2.05) is 0 Å². The van der Waals surface area contributed by atoms with Crippen molar-refractivity contribution in [2.75, 3.05) is 25.5 Å². The highest BCUT2D eigenvalue weighted by Gasteiger charge is 2.54. The predicted molar refractivity (Wildman–Crippen MR) is 74.5 cm³/mol. The van der Waals surface area contributed by atoms with Crippen molar-refractivity contribution in [3.63, 3.8) is 0 Å². The maximum atomic E-state index is 12.1. The molecule has 7 nitrogen and oxygen atoms in total. The SMILES string of the molecule is COCC1=C(C(=O)O)N2C(=O)C(CC(=O)OCCl)[C@@H]2SC1. The van der Waals surface area contributed by atoms with Crippen LogP contribution in [0.1, 0.15) is 6.42 Å². The fourth-order valence-electron chi connectivity index (χ4n) is 2.40. The van der Waals surface area contributed by atoms with E-state index in [1.165, 1.54) is 23.8 Å². The van der Waals surface area contributed by atoms with Crippen LogP contribution in [-0.2, 0) is 23.9 Å². The van der Waals surface area contributed by atoms with Crippen molar-refractivity contribution in [3.8, 4) is 0 Å². The second kappa shape index (κ2) is 6.67. The molecule has 1 fully saturated rings. The Morgan fingerprint density at radius 3 is 2.81 bits per heavy atom. The number of β-lactam (4-membered cyclic amide) rings is 1. The monoisotopic (exact) mass is 335 g/mol. The Morgan fingerprint density at radius 2 is 2.24 bits per heavy atom. The molecule has 1 saturated heterocycles. The molecule has 2 rings (SSSR count). The fourth-order valence-corrected chi connectivity index (χ4v) is 3.92. The van der Waals surface area contributed by atoms with Gasteiger partial charge in [0.1, 0.15) is 5.70 Å². The quantitative estimate of drug-likeness (QED) is 0.432. The smallest absolute Gasteiger partial charge is 0.352 e. The maximum absolute atomic E-state index is 12.1. The minimum Gasteiger partial charge on any atom is -0.477 e. The molecule has 2 atom stereocenters. The first-order chi connectivity index (χ1) is 10.0. The lowest BCUT2D eigenvalue weighted by Crippen LogP contribution is -2.62. The molecule has 1 amide bonds. The zero-order chi connectivity index (χ0) is 15.6. The lowest BCUT2D eigenvalue weighted by Gasteiger charge is -2.49. The topological polar surface area (TPSA) is 93.1 Å². The molecular formula is C12H14ClNO6S. The van der Waals surface area contributed by atoms with Gasteiger partial charge in [-0.1, -0.05) is 11.6 Å². The van der Waals surface area contributed by atoms with E-state index in [9.17, 15) is 19.5 Å². The maximum Gasteiger partial charge on any atom is 0.352 e. The highest BCUT2D eigenvalue weighted by Crippen LogP contribution is 2.45. The average Bonchev–Trinajstić information content (AvgIpc) is 2.44. The van der Waals surface area contributed by atoms with Crippen LogP contribution in [0.3, 0.4) is 0 Å². The number of rotatable bonds is 6. The highest BCUT2D eigenvalue weighted by atomic mass is 35.5. The lowest BCUT2D eigenvalue weighted by atomic mass is 9.92. The lowest BCUT2D eigenvalue weighted by molar-refractivity contribution is -0.158. The summed E-state index contributed by atoms with van der Waals surface area (Å²) in [6, 6.07) is -0.264. The van der Waals surface area contributed by atoms with Crippen molar-refractivity contribution in [1.29, 1.82) is 0 Å². The molecule has 2 heterocycles. The van der Waals surface area contributed by atoms with Crippen LogP contribution < -0.4 is 0 Å². The molecule has 0 saturated carbocycles.